The molecule has 0 aliphatic heterocycles. The maximum Gasteiger partial charge on any atom is 0.241 e. The molecule has 1 N–H and O–H groups in total. The smallest absolute Gasteiger partial charge is 0.241 e. The van der Waals surface area contributed by atoms with Crippen molar-refractivity contribution in [3.05, 3.63) is 77.0 Å². The van der Waals surface area contributed by atoms with Crippen LogP contribution in [-0.2, 0) is 4.79 Å². The van der Waals surface area contributed by atoms with Crippen molar-refractivity contribution in [2.75, 3.05) is 12.4 Å². The van der Waals surface area contributed by atoms with Crippen LogP contribution in [0.4, 0.5) is 5.82 Å². The van der Waals surface area contributed by atoms with E-state index in [1.807, 2.05) is 50.1 Å². The van der Waals surface area contributed by atoms with E-state index in [1.54, 1.807) is 25.4 Å². The first kappa shape index (κ1) is 26.3. The molecule has 162 valence electrons. The lowest BCUT2D eigenvalue weighted by atomic mass is 9.62. The molecule has 0 aliphatic carbocycles. The van der Waals surface area contributed by atoms with Gasteiger partial charge in [0, 0.05) is 24.3 Å². The number of benzene rings is 2. The monoisotopic (exact) mass is 447 g/mol. The van der Waals surface area contributed by atoms with Gasteiger partial charge in [-0.05, 0) is 61.1 Å². The van der Waals surface area contributed by atoms with Crippen LogP contribution in [0.25, 0.3) is 21.9 Å². The van der Waals surface area contributed by atoms with Gasteiger partial charge >= 0.3 is 0 Å². The predicted molar refractivity (Wildman–Crippen MR) is 152 cm³/mol. The third-order valence-electron chi connectivity index (χ3n) is 6.19. The summed E-state index contributed by atoms with van der Waals surface area (Å²) in [5, 5.41) is 4.49. The number of carbonyl (C=O) groups is 1. The molecule has 3 aromatic rings. The van der Waals surface area contributed by atoms with Crippen LogP contribution in [0, 0.1) is 13.8 Å². The number of nitrogens with one attached hydrogen (secondary N) is 1. The van der Waals surface area contributed by atoms with Gasteiger partial charge in [0.15, 0.2) is 0 Å². The second-order valence-electron chi connectivity index (χ2n) is 8.25. The Hall–Kier alpha value is -3.34. The van der Waals surface area contributed by atoms with Gasteiger partial charge in [0.05, 0.1) is 0 Å². The van der Waals surface area contributed by atoms with Crippen LogP contribution in [0.2, 0.25) is 0 Å². The molecule has 0 spiro atoms. The number of hydrogen-bond donors (Lipinski definition) is 1. The lowest BCUT2D eigenvalue weighted by Crippen LogP contribution is -2.39. The number of anilines is 1. The summed E-state index contributed by atoms with van der Waals surface area (Å²) in [5.74, 6) is -0.323. The zero-order chi connectivity index (χ0) is 26.0. The molecule has 0 atom stereocenters. The largest absolute Gasteiger partial charge is 0.351 e. The van der Waals surface area contributed by atoms with Gasteiger partial charge in [-0.1, -0.05) is 57.8 Å². The number of amides is 1. The molecule has 0 bridgehead atoms. The van der Waals surface area contributed by atoms with Gasteiger partial charge in [-0.3, -0.25) is 4.79 Å². The third-order valence-corrected chi connectivity index (χ3v) is 6.19. The van der Waals surface area contributed by atoms with E-state index in [1.165, 1.54) is 0 Å². The van der Waals surface area contributed by atoms with E-state index < -0.39 is 5.91 Å². The quantitative estimate of drug-likeness (QED) is 0.459. The van der Waals surface area contributed by atoms with Crippen LogP contribution >= 0.6 is 0 Å². The Balaban J connectivity index is 1.97. The van der Waals surface area contributed by atoms with Gasteiger partial charge in [-0.2, -0.15) is 0 Å². The van der Waals surface area contributed by atoms with Crippen LogP contribution in [0.1, 0.15) is 29.2 Å². The van der Waals surface area contributed by atoms with E-state index in [2.05, 4.69) is 16.9 Å². The van der Waals surface area contributed by atoms with Gasteiger partial charge in [0.2, 0.25) is 5.91 Å². The van der Waals surface area contributed by atoms with E-state index in [9.17, 15) is 4.79 Å². The van der Waals surface area contributed by atoms with Crippen molar-refractivity contribution in [3.8, 4) is 0 Å². The van der Waals surface area contributed by atoms with E-state index in [0.717, 1.165) is 33.2 Å². The molecule has 0 fully saturated rings. The predicted octanol–water partition coefficient (Wildman–Crippen LogP) is 1.31. The lowest BCUT2D eigenvalue weighted by Gasteiger charge is -2.22. The molecule has 1 aromatic heterocycles. The Morgan fingerprint density at radius 2 is 1.69 bits per heavy atom. The molecule has 0 saturated heterocycles. The highest BCUT2D eigenvalue weighted by Crippen LogP contribution is 2.25. The first-order valence-electron chi connectivity index (χ1n) is 10.9. The molecular weight excluding hydrogens is 424 g/mol. The van der Waals surface area contributed by atoms with Crippen molar-refractivity contribution < 1.29 is 4.79 Å². The molecule has 1 amide bonds. The summed E-state index contributed by atoms with van der Waals surface area (Å²) in [5.41, 5.74) is 4.25. The molecule has 10 radical (unpaired) electrons. The molecular formula is C26H22B5N3O. The average Bonchev–Trinajstić information content (AvgIpc) is 2.85. The van der Waals surface area contributed by atoms with E-state index in [0.29, 0.717) is 16.7 Å². The second-order valence-corrected chi connectivity index (χ2v) is 8.25. The molecule has 0 saturated carbocycles. The topological polar surface area (TPSA) is 45.2 Å². The highest BCUT2D eigenvalue weighted by Gasteiger charge is 2.16. The van der Waals surface area contributed by atoms with E-state index in [-0.39, 0.29) is 22.0 Å². The molecule has 0 aliphatic rings. The highest BCUT2D eigenvalue weighted by molar-refractivity contribution is 6.61. The molecule has 1 heterocycles. The fourth-order valence-corrected chi connectivity index (χ4v) is 3.85. The molecule has 35 heavy (non-hydrogen) atoms. The van der Waals surface area contributed by atoms with Crippen molar-refractivity contribution in [2.24, 2.45) is 0 Å². The zero-order valence-electron chi connectivity index (χ0n) is 20.4. The Morgan fingerprint density at radius 1 is 1.03 bits per heavy atom. The fourth-order valence-electron chi connectivity index (χ4n) is 3.85. The lowest BCUT2D eigenvalue weighted by molar-refractivity contribution is -0.112. The van der Waals surface area contributed by atoms with Crippen molar-refractivity contribution in [1.29, 1.82) is 0 Å². The average molecular weight is 447 g/mol. The van der Waals surface area contributed by atoms with Crippen LogP contribution < -0.4 is 21.7 Å². The van der Waals surface area contributed by atoms with Gasteiger partial charge in [-0.15, -0.1) is 0 Å². The summed E-state index contributed by atoms with van der Waals surface area (Å²) in [6.07, 6.45) is 5.41. The van der Waals surface area contributed by atoms with Crippen molar-refractivity contribution in [1.82, 2.24) is 9.88 Å². The van der Waals surface area contributed by atoms with Crippen LogP contribution in [0.5, 0.6) is 0 Å². The Morgan fingerprint density at radius 3 is 2.31 bits per heavy atom. The van der Waals surface area contributed by atoms with Crippen LogP contribution in [-0.4, -0.2) is 62.1 Å². The Bertz CT molecular complexity index is 1380. The molecule has 0 unspecified atom stereocenters. The maximum atomic E-state index is 12.9. The summed E-state index contributed by atoms with van der Waals surface area (Å²) in [6, 6.07) is 7.74. The summed E-state index contributed by atoms with van der Waals surface area (Å²) in [7, 11) is 32.7. The SMILES string of the molecule is [B]/C(C(=O)Nc1cc2cc(/C(=C/C)N(C)C=C)ccc2cn1)=C(/[B])c1c([B])c([B])c(C)c(C)c1[B]. The first-order valence-corrected chi connectivity index (χ1v) is 10.9. The number of aromatic nitrogens is 1. The highest BCUT2D eigenvalue weighted by atomic mass is 16.1. The minimum absolute atomic E-state index is 0.0550. The minimum Gasteiger partial charge on any atom is -0.351 e. The first-order chi connectivity index (χ1) is 16.5. The minimum atomic E-state index is -0.637. The summed E-state index contributed by atoms with van der Waals surface area (Å²) < 4.78 is 0. The number of hydrogen-bond acceptors (Lipinski definition) is 3. The summed E-state index contributed by atoms with van der Waals surface area (Å²) in [4.78, 5) is 19.2. The Labute approximate surface area is 214 Å². The number of pyridine rings is 1. The maximum absolute atomic E-state index is 12.9. The van der Waals surface area contributed by atoms with Crippen molar-refractivity contribution >= 4 is 89.3 Å². The van der Waals surface area contributed by atoms with E-state index in [4.69, 9.17) is 39.2 Å². The van der Waals surface area contributed by atoms with Crippen molar-refractivity contribution in [3.63, 3.8) is 0 Å². The number of carbonyl (C=O) groups excluding carboxylic acids is 1. The number of nitrogens with zero attached hydrogens (tertiary/aromatic N) is 2. The van der Waals surface area contributed by atoms with Gasteiger partial charge in [0.1, 0.15) is 45.0 Å². The fraction of sp³-hybridized carbons (Fsp3) is 0.154. The normalized spacial score (nSPS) is 12.3. The summed E-state index contributed by atoms with van der Waals surface area (Å²) in [6.45, 7) is 9.38. The van der Waals surface area contributed by atoms with Crippen molar-refractivity contribution in [2.45, 2.75) is 20.8 Å². The Kier molecular flexibility index (Phi) is 7.89. The molecule has 4 nitrogen and oxygen atoms in total. The third kappa shape index (κ3) is 5.05. The zero-order valence-corrected chi connectivity index (χ0v) is 20.4. The number of allylic oxidation sites excluding steroid dienone is 1. The molecule has 2 aromatic carbocycles. The summed E-state index contributed by atoms with van der Waals surface area (Å²) >= 11 is 0. The van der Waals surface area contributed by atoms with Crippen LogP contribution in [0.15, 0.2) is 54.8 Å². The second kappa shape index (κ2) is 10.5. The van der Waals surface area contributed by atoms with E-state index >= 15 is 0 Å². The molecule has 9 heteroatoms. The van der Waals surface area contributed by atoms with Crippen LogP contribution in [0.3, 0.4) is 0 Å². The standard InChI is InChI=1S/C26H22B5N3O/c1-6-18(34(5)7-2)15-8-9-16-12-32-19(11-17(16)10-15)33-26(35)25(31)24(30)20-21(27)13(3)14(4)22(28)23(20)29/h6-12H,2H2,1,3-5H3,(H,32,33,35)/b18-6-,25-24+. The molecule has 3 rings (SSSR count). The number of rotatable bonds is 6. The number of fused-ring (bicyclic) bond motifs is 1. The van der Waals surface area contributed by atoms with Gasteiger partial charge < -0.3 is 10.2 Å². The van der Waals surface area contributed by atoms with Gasteiger partial charge in [0.25, 0.3) is 0 Å². The van der Waals surface area contributed by atoms with Gasteiger partial charge in [-0.25, -0.2) is 4.98 Å².